The van der Waals surface area contributed by atoms with Gasteiger partial charge in [-0.1, -0.05) is 0 Å². The number of sulfonamides is 1. The van der Waals surface area contributed by atoms with Crippen LogP contribution in [0.25, 0.3) is 0 Å². The van der Waals surface area contributed by atoms with Gasteiger partial charge in [-0.2, -0.15) is 4.31 Å². The minimum Gasteiger partial charge on any atom is -0.314 e. The number of nitrogens with zero attached hydrogens (tertiary/aromatic N) is 1. The van der Waals surface area contributed by atoms with Crippen molar-refractivity contribution in [3.05, 3.63) is 15.8 Å². The lowest BCUT2D eigenvalue weighted by Crippen LogP contribution is -2.43. The summed E-state index contributed by atoms with van der Waals surface area (Å²) in [7, 11) is -3.30. The summed E-state index contributed by atoms with van der Waals surface area (Å²) < 4.78 is 27.2. The summed E-state index contributed by atoms with van der Waals surface area (Å²) in [6, 6.07) is 2.43. The molecule has 0 saturated carbocycles. The van der Waals surface area contributed by atoms with Crippen molar-refractivity contribution < 1.29 is 8.42 Å². The number of nitrogens with one attached hydrogen (secondary N) is 1. The fourth-order valence-electron chi connectivity index (χ4n) is 3.64. The van der Waals surface area contributed by atoms with Crippen molar-refractivity contribution in [1.29, 1.82) is 0 Å². The van der Waals surface area contributed by atoms with Gasteiger partial charge in [-0.3, -0.25) is 0 Å². The second-order valence-corrected chi connectivity index (χ2v) is 9.59. The average Bonchev–Trinajstić information content (AvgIpc) is 3.09. The van der Waals surface area contributed by atoms with Crippen LogP contribution < -0.4 is 5.32 Å². The Morgan fingerprint density at radius 1 is 1.24 bits per heavy atom. The van der Waals surface area contributed by atoms with E-state index in [9.17, 15) is 8.42 Å². The molecular formula is C15H24N2O2S2. The first-order chi connectivity index (χ1) is 9.98. The molecule has 3 heterocycles. The molecule has 1 aromatic rings. The minimum absolute atomic E-state index is 0.516. The number of rotatable bonds is 3. The second kappa shape index (κ2) is 5.99. The first-order valence-electron chi connectivity index (χ1n) is 7.79. The maximum Gasteiger partial charge on any atom is 0.244 e. The van der Waals surface area contributed by atoms with Gasteiger partial charge in [0.05, 0.1) is 4.90 Å². The molecule has 4 nitrogen and oxygen atoms in total. The third kappa shape index (κ3) is 3.04. The van der Waals surface area contributed by atoms with E-state index >= 15 is 0 Å². The highest BCUT2D eigenvalue weighted by molar-refractivity contribution is 7.89. The molecule has 1 aromatic heterocycles. The zero-order valence-electron chi connectivity index (χ0n) is 12.8. The molecule has 2 fully saturated rings. The Balaban J connectivity index is 1.69. The second-order valence-electron chi connectivity index (χ2n) is 6.22. The van der Waals surface area contributed by atoms with E-state index in [-0.39, 0.29) is 0 Å². The molecule has 1 unspecified atom stereocenters. The minimum atomic E-state index is -3.30. The molecule has 1 atom stereocenters. The van der Waals surface area contributed by atoms with Gasteiger partial charge in [0, 0.05) is 28.9 Å². The highest BCUT2D eigenvalue weighted by atomic mass is 32.2. The van der Waals surface area contributed by atoms with E-state index in [2.05, 4.69) is 5.32 Å². The van der Waals surface area contributed by atoms with Gasteiger partial charge >= 0.3 is 0 Å². The molecule has 6 heteroatoms. The van der Waals surface area contributed by atoms with Crippen LogP contribution in [0.5, 0.6) is 0 Å². The molecule has 2 aliphatic rings. The Labute approximate surface area is 131 Å². The molecule has 0 aliphatic carbocycles. The van der Waals surface area contributed by atoms with Crippen molar-refractivity contribution in [2.24, 2.45) is 5.92 Å². The molecule has 118 valence electrons. The molecule has 0 bridgehead atoms. The number of thiophene rings is 1. The number of piperidine rings is 1. The number of hydrogen-bond acceptors (Lipinski definition) is 4. The van der Waals surface area contributed by atoms with Crippen LogP contribution in [0, 0.1) is 19.8 Å². The van der Waals surface area contributed by atoms with Crippen molar-refractivity contribution in [1.82, 2.24) is 9.62 Å². The number of aryl methyl sites for hydroxylation is 2. The zero-order chi connectivity index (χ0) is 15.0. The van der Waals surface area contributed by atoms with Crippen molar-refractivity contribution in [2.45, 2.75) is 50.5 Å². The standard InChI is InChI=1S/C15H24N2O2S2/c1-11-10-15(12(2)20-11)21(18,19)17-8-5-13(6-9-17)14-4-3-7-16-14/h10,13-14,16H,3-9H2,1-2H3. The Morgan fingerprint density at radius 2 is 1.95 bits per heavy atom. The Hall–Kier alpha value is -0.430. The van der Waals surface area contributed by atoms with E-state index < -0.39 is 10.0 Å². The summed E-state index contributed by atoms with van der Waals surface area (Å²) in [5.41, 5.74) is 0. The van der Waals surface area contributed by atoms with Crippen molar-refractivity contribution in [2.75, 3.05) is 19.6 Å². The SMILES string of the molecule is Cc1cc(S(=O)(=O)N2CCC(C3CCCN3)CC2)c(C)s1. The molecule has 21 heavy (non-hydrogen) atoms. The molecule has 1 N–H and O–H groups in total. The molecule has 0 aromatic carbocycles. The summed E-state index contributed by atoms with van der Waals surface area (Å²) in [5, 5.41) is 3.56. The van der Waals surface area contributed by atoms with Gasteiger partial charge in [-0.15, -0.1) is 11.3 Å². The van der Waals surface area contributed by atoms with Crippen LogP contribution in [0.3, 0.4) is 0 Å². The monoisotopic (exact) mass is 328 g/mol. The summed E-state index contributed by atoms with van der Waals surface area (Å²) in [4.78, 5) is 2.49. The van der Waals surface area contributed by atoms with Crippen LogP contribution in [0.2, 0.25) is 0 Å². The molecule has 3 rings (SSSR count). The topological polar surface area (TPSA) is 49.4 Å². The lowest BCUT2D eigenvalue weighted by molar-refractivity contribution is 0.234. The Kier molecular flexibility index (Phi) is 4.41. The summed E-state index contributed by atoms with van der Waals surface area (Å²) >= 11 is 1.57. The molecule has 0 radical (unpaired) electrons. The normalized spacial score (nSPS) is 25.5. The molecule has 0 amide bonds. The summed E-state index contributed by atoms with van der Waals surface area (Å²) in [6.45, 7) is 6.32. The fraction of sp³-hybridized carbons (Fsp3) is 0.733. The predicted molar refractivity (Wildman–Crippen MR) is 86.3 cm³/mol. The molecule has 0 spiro atoms. The van der Waals surface area contributed by atoms with E-state index in [0.29, 0.717) is 29.9 Å². The van der Waals surface area contributed by atoms with Gasteiger partial charge in [0.1, 0.15) is 0 Å². The predicted octanol–water partition coefficient (Wildman–Crippen LogP) is 2.52. The fourth-order valence-corrected chi connectivity index (χ4v) is 6.63. The smallest absolute Gasteiger partial charge is 0.244 e. The van der Waals surface area contributed by atoms with Gasteiger partial charge in [0.2, 0.25) is 10.0 Å². The molecular weight excluding hydrogens is 304 g/mol. The van der Waals surface area contributed by atoms with E-state index in [1.807, 2.05) is 19.9 Å². The lowest BCUT2D eigenvalue weighted by atomic mass is 9.89. The molecule has 2 aliphatic heterocycles. The maximum absolute atomic E-state index is 12.8. The van der Waals surface area contributed by atoms with Gasteiger partial charge in [-0.05, 0) is 58.1 Å². The largest absolute Gasteiger partial charge is 0.314 e. The Morgan fingerprint density at radius 3 is 2.48 bits per heavy atom. The quantitative estimate of drug-likeness (QED) is 0.927. The van der Waals surface area contributed by atoms with Gasteiger partial charge in [0.25, 0.3) is 0 Å². The van der Waals surface area contributed by atoms with Crippen LogP contribution in [-0.2, 0) is 10.0 Å². The van der Waals surface area contributed by atoms with Crippen LogP contribution in [0.15, 0.2) is 11.0 Å². The highest BCUT2D eigenvalue weighted by Crippen LogP contribution is 2.32. The summed E-state index contributed by atoms with van der Waals surface area (Å²) in [5.74, 6) is 0.643. The first-order valence-corrected chi connectivity index (χ1v) is 10.0. The van der Waals surface area contributed by atoms with E-state index in [1.165, 1.54) is 12.8 Å². The average molecular weight is 329 g/mol. The van der Waals surface area contributed by atoms with Gasteiger partial charge in [0.15, 0.2) is 0 Å². The third-order valence-electron chi connectivity index (χ3n) is 4.78. The van der Waals surface area contributed by atoms with Crippen molar-refractivity contribution in [3.8, 4) is 0 Å². The van der Waals surface area contributed by atoms with E-state index in [4.69, 9.17) is 0 Å². The van der Waals surface area contributed by atoms with Gasteiger partial charge in [-0.25, -0.2) is 8.42 Å². The zero-order valence-corrected chi connectivity index (χ0v) is 14.4. The van der Waals surface area contributed by atoms with Crippen LogP contribution in [-0.4, -0.2) is 38.4 Å². The third-order valence-corrected chi connectivity index (χ3v) is 7.90. The maximum atomic E-state index is 12.8. The first kappa shape index (κ1) is 15.5. The van der Waals surface area contributed by atoms with E-state index in [1.54, 1.807) is 15.6 Å². The van der Waals surface area contributed by atoms with Gasteiger partial charge < -0.3 is 5.32 Å². The van der Waals surface area contributed by atoms with Crippen LogP contribution in [0.1, 0.15) is 35.4 Å². The van der Waals surface area contributed by atoms with Crippen molar-refractivity contribution >= 4 is 21.4 Å². The lowest BCUT2D eigenvalue weighted by Gasteiger charge is -2.34. The van der Waals surface area contributed by atoms with E-state index in [0.717, 1.165) is 29.1 Å². The highest BCUT2D eigenvalue weighted by Gasteiger charge is 2.34. The van der Waals surface area contributed by atoms with Crippen LogP contribution in [0.4, 0.5) is 0 Å². The molecule has 2 saturated heterocycles. The Bertz CT molecular complexity index is 595. The summed E-state index contributed by atoms with van der Waals surface area (Å²) in [6.07, 6.45) is 4.48. The van der Waals surface area contributed by atoms with Crippen LogP contribution >= 0.6 is 11.3 Å². The van der Waals surface area contributed by atoms with Crippen molar-refractivity contribution in [3.63, 3.8) is 0 Å². The number of hydrogen-bond donors (Lipinski definition) is 1.